The van der Waals surface area contributed by atoms with Crippen LogP contribution in [0.15, 0.2) is 48.5 Å². The highest BCUT2D eigenvalue weighted by atomic mass is 16.3. The van der Waals surface area contributed by atoms with Crippen LogP contribution in [0.5, 0.6) is 0 Å². The zero-order valence-electron chi connectivity index (χ0n) is 17.4. The van der Waals surface area contributed by atoms with Crippen LogP contribution in [-0.4, -0.2) is 56.2 Å². The van der Waals surface area contributed by atoms with Gasteiger partial charge in [0.05, 0.1) is 6.10 Å². The maximum Gasteiger partial charge on any atom is 0.319 e. The molecule has 0 heterocycles. The molecule has 0 aliphatic rings. The lowest BCUT2D eigenvalue weighted by Crippen LogP contribution is -2.39. The van der Waals surface area contributed by atoms with Crippen molar-refractivity contribution in [3.63, 3.8) is 0 Å². The van der Waals surface area contributed by atoms with Crippen molar-refractivity contribution in [1.82, 2.24) is 15.5 Å². The molecule has 0 fully saturated rings. The second kappa shape index (κ2) is 10.6. The zero-order valence-corrected chi connectivity index (χ0v) is 17.4. The quantitative estimate of drug-likeness (QED) is 0.549. The highest BCUT2D eigenvalue weighted by Crippen LogP contribution is 2.22. The Labute approximate surface area is 172 Å². The van der Waals surface area contributed by atoms with E-state index in [0.717, 1.165) is 5.56 Å². The first-order valence-corrected chi connectivity index (χ1v) is 9.57. The van der Waals surface area contributed by atoms with E-state index in [-0.39, 0.29) is 17.9 Å². The number of aliphatic hydroxyl groups is 1. The molecule has 0 bridgehead atoms. The molecule has 7 nitrogen and oxygen atoms in total. The summed E-state index contributed by atoms with van der Waals surface area (Å²) < 4.78 is 0. The molecule has 0 unspecified atom stereocenters. The molecule has 7 heteroatoms. The van der Waals surface area contributed by atoms with Crippen molar-refractivity contribution >= 4 is 17.6 Å². The molecule has 0 saturated carbocycles. The van der Waals surface area contributed by atoms with Crippen LogP contribution in [0, 0.1) is 12.8 Å². The SMILES string of the molecule is CNC(=O)c1cccc(NC(=O)NC[C@@H](CN(C)C)[C@@H](O)c2ccccc2)c1C. The van der Waals surface area contributed by atoms with Crippen molar-refractivity contribution in [1.29, 1.82) is 0 Å². The molecule has 0 aromatic heterocycles. The summed E-state index contributed by atoms with van der Waals surface area (Å²) in [5, 5.41) is 19.0. The third kappa shape index (κ3) is 6.30. The monoisotopic (exact) mass is 398 g/mol. The van der Waals surface area contributed by atoms with Crippen molar-refractivity contribution in [2.75, 3.05) is 39.5 Å². The maximum atomic E-state index is 12.4. The zero-order chi connectivity index (χ0) is 21.4. The van der Waals surface area contributed by atoms with E-state index in [1.807, 2.05) is 49.3 Å². The Bertz CT molecular complexity index is 824. The molecule has 0 spiro atoms. The molecular formula is C22H30N4O3. The number of carbonyl (C=O) groups excluding carboxylic acids is 2. The van der Waals surface area contributed by atoms with Gasteiger partial charge in [0.1, 0.15) is 0 Å². The molecule has 0 aliphatic heterocycles. The van der Waals surface area contributed by atoms with Gasteiger partial charge in [-0.1, -0.05) is 36.4 Å². The van der Waals surface area contributed by atoms with E-state index in [1.54, 1.807) is 32.2 Å². The van der Waals surface area contributed by atoms with Crippen molar-refractivity contribution in [2.24, 2.45) is 5.92 Å². The molecule has 2 atom stereocenters. The van der Waals surface area contributed by atoms with Crippen LogP contribution in [0.4, 0.5) is 10.5 Å². The normalized spacial score (nSPS) is 12.9. The first-order valence-electron chi connectivity index (χ1n) is 9.57. The van der Waals surface area contributed by atoms with Gasteiger partial charge in [-0.25, -0.2) is 4.79 Å². The number of hydrogen-bond donors (Lipinski definition) is 4. The minimum atomic E-state index is -0.697. The van der Waals surface area contributed by atoms with Crippen molar-refractivity contribution in [3.8, 4) is 0 Å². The number of urea groups is 1. The number of carbonyl (C=O) groups is 2. The fourth-order valence-electron chi connectivity index (χ4n) is 3.21. The van der Waals surface area contributed by atoms with Crippen LogP contribution in [0.2, 0.25) is 0 Å². The molecule has 156 valence electrons. The van der Waals surface area contributed by atoms with Gasteiger partial charge in [-0.05, 0) is 44.3 Å². The Balaban J connectivity index is 2.04. The van der Waals surface area contributed by atoms with Crippen LogP contribution < -0.4 is 16.0 Å². The Kier molecular flexibility index (Phi) is 8.18. The molecule has 0 saturated heterocycles. The van der Waals surface area contributed by atoms with Gasteiger partial charge in [-0.3, -0.25) is 4.79 Å². The van der Waals surface area contributed by atoms with E-state index in [4.69, 9.17) is 0 Å². The summed E-state index contributed by atoms with van der Waals surface area (Å²) in [6.07, 6.45) is -0.697. The van der Waals surface area contributed by atoms with Crippen LogP contribution in [0.25, 0.3) is 0 Å². The molecule has 29 heavy (non-hydrogen) atoms. The predicted molar refractivity (Wildman–Crippen MR) is 115 cm³/mol. The first kappa shape index (κ1) is 22.4. The van der Waals surface area contributed by atoms with E-state index >= 15 is 0 Å². The fourth-order valence-corrected chi connectivity index (χ4v) is 3.21. The number of benzene rings is 2. The second-order valence-electron chi connectivity index (χ2n) is 7.27. The lowest BCUT2D eigenvalue weighted by molar-refractivity contribution is 0.0911. The van der Waals surface area contributed by atoms with Crippen molar-refractivity contribution < 1.29 is 14.7 Å². The van der Waals surface area contributed by atoms with E-state index in [2.05, 4.69) is 16.0 Å². The van der Waals surface area contributed by atoms with E-state index in [1.165, 1.54) is 0 Å². The second-order valence-corrected chi connectivity index (χ2v) is 7.27. The van der Waals surface area contributed by atoms with E-state index in [9.17, 15) is 14.7 Å². The molecule has 2 aromatic carbocycles. The largest absolute Gasteiger partial charge is 0.388 e. The summed E-state index contributed by atoms with van der Waals surface area (Å²) in [5.41, 5.74) is 2.58. The summed E-state index contributed by atoms with van der Waals surface area (Å²) in [4.78, 5) is 26.4. The topological polar surface area (TPSA) is 93.7 Å². The van der Waals surface area contributed by atoms with Gasteiger partial charge in [0, 0.05) is 37.3 Å². The molecule has 4 N–H and O–H groups in total. The van der Waals surface area contributed by atoms with Gasteiger partial charge in [-0.2, -0.15) is 0 Å². The van der Waals surface area contributed by atoms with Crippen LogP contribution in [-0.2, 0) is 0 Å². The number of rotatable bonds is 8. The molecule has 0 aliphatic carbocycles. The fraction of sp³-hybridized carbons (Fsp3) is 0.364. The molecule has 2 aromatic rings. The average molecular weight is 399 g/mol. The summed E-state index contributed by atoms with van der Waals surface area (Å²) in [6, 6.07) is 14.2. The van der Waals surface area contributed by atoms with Gasteiger partial charge in [0.2, 0.25) is 0 Å². The highest BCUT2D eigenvalue weighted by molar-refractivity contribution is 5.98. The molecular weight excluding hydrogens is 368 g/mol. The van der Waals surface area contributed by atoms with Gasteiger partial charge in [-0.15, -0.1) is 0 Å². The van der Waals surface area contributed by atoms with Crippen molar-refractivity contribution in [2.45, 2.75) is 13.0 Å². The number of anilines is 1. The average Bonchev–Trinajstić information content (AvgIpc) is 2.72. The third-order valence-electron chi connectivity index (χ3n) is 4.77. The van der Waals surface area contributed by atoms with Gasteiger partial charge in [0.15, 0.2) is 0 Å². The smallest absolute Gasteiger partial charge is 0.319 e. The lowest BCUT2D eigenvalue weighted by atomic mass is 9.95. The number of amides is 3. The predicted octanol–water partition coefficient (Wildman–Crippen LogP) is 2.39. The Morgan fingerprint density at radius 1 is 1.07 bits per heavy atom. The minimum absolute atomic E-state index is 0.184. The Hall–Kier alpha value is -2.90. The van der Waals surface area contributed by atoms with Crippen molar-refractivity contribution in [3.05, 3.63) is 65.2 Å². The molecule has 3 amide bonds. The summed E-state index contributed by atoms with van der Waals surface area (Å²) in [5.74, 6) is -0.389. The van der Waals surface area contributed by atoms with Gasteiger partial charge < -0.3 is 26.0 Å². The third-order valence-corrected chi connectivity index (χ3v) is 4.77. The Morgan fingerprint density at radius 2 is 1.76 bits per heavy atom. The maximum absolute atomic E-state index is 12.4. The molecule has 0 radical (unpaired) electrons. The summed E-state index contributed by atoms with van der Waals surface area (Å²) >= 11 is 0. The number of aliphatic hydroxyl groups excluding tert-OH is 1. The first-order chi connectivity index (χ1) is 13.8. The number of nitrogens with one attached hydrogen (secondary N) is 3. The number of nitrogens with zero attached hydrogens (tertiary/aromatic N) is 1. The number of hydrogen-bond acceptors (Lipinski definition) is 4. The van der Waals surface area contributed by atoms with Crippen LogP contribution >= 0.6 is 0 Å². The van der Waals surface area contributed by atoms with Crippen LogP contribution in [0.1, 0.15) is 27.6 Å². The Morgan fingerprint density at radius 3 is 2.38 bits per heavy atom. The summed E-state index contributed by atoms with van der Waals surface area (Å²) in [6.45, 7) is 2.70. The highest BCUT2D eigenvalue weighted by Gasteiger charge is 2.22. The standard InChI is InChI=1S/C22H30N4O3/c1-15-18(21(28)23-2)11-8-12-19(15)25-22(29)24-13-17(14-26(3)4)20(27)16-9-6-5-7-10-16/h5-12,17,20,27H,13-14H2,1-4H3,(H,23,28)(H2,24,25,29)/t17-,20-/m0/s1. The minimum Gasteiger partial charge on any atom is -0.388 e. The van der Waals surface area contributed by atoms with Crippen LogP contribution in [0.3, 0.4) is 0 Å². The van der Waals surface area contributed by atoms with E-state index < -0.39 is 6.10 Å². The molecule has 2 rings (SSSR count). The van der Waals surface area contributed by atoms with E-state index in [0.29, 0.717) is 29.9 Å². The van der Waals surface area contributed by atoms with Gasteiger partial charge in [0.25, 0.3) is 5.91 Å². The van der Waals surface area contributed by atoms with Gasteiger partial charge >= 0.3 is 6.03 Å². The summed E-state index contributed by atoms with van der Waals surface area (Å²) in [7, 11) is 5.42. The lowest BCUT2D eigenvalue weighted by Gasteiger charge is -2.26.